The van der Waals surface area contributed by atoms with E-state index in [4.69, 9.17) is 0 Å². The Morgan fingerprint density at radius 3 is 1.94 bits per heavy atom. The van der Waals surface area contributed by atoms with Crippen molar-refractivity contribution in [1.29, 1.82) is 0 Å². The maximum Gasteiger partial charge on any atom is 0.247 e. The summed E-state index contributed by atoms with van der Waals surface area (Å²) in [7, 11) is 0. The fraction of sp³-hybridized carbons (Fsp3) is 0.533. The molecule has 1 aliphatic rings. The lowest BCUT2D eigenvalue weighted by molar-refractivity contribution is -0.115. The van der Waals surface area contributed by atoms with Gasteiger partial charge < -0.3 is 4.90 Å². The molecule has 1 amide bonds. The highest BCUT2D eigenvalue weighted by Crippen LogP contribution is 2.45. The average Bonchev–Trinajstić information content (AvgIpc) is 2.92. The molecule has 0 spiro atoms. The number of hydrogen-bond acceptors (Lipinski definition) is 1. The zero-order valence-electron chi connectivity index (χ0n) is 11.3. The summed E-state index contributed by atoms with van der Waals surface area (Å²) in [5.41, 5.74) is 1.000. The zero-order valence-corrected chi connectivity index (χ0v) is 11.3. The van der Waals surface area contributed by atoms with Gasteiger partial charge in [-0.15, -0.1) is 0 Å². The summed E-state index contributed by atoms with van der Waals surface area (Å²) in [6.45, 7) is 10.6. The van der Waals surface area contributed by atoms with E-state index in [1.807, 2.05) is 23.1 Å². The van der Waals surface area contributed by atoms with Gasteiger partial charge in [-0.05, 0) is 24.8 Å². The maximum absolute atomic E-state index is 12.0. The topological polar surface area (TPSA) is 20.1 Å². The summed E-state index contributed by atoms with van der Waals surface area (Å²) in [4.78, 5) is 14.0. The van der Waals surface area contributed by atoms with E-state index < -0.39 is 0 Å². The summed E-state index contributed by atoms with van der Waals surface area (Å²) in [5.74, 6) is 0.270. The Morgan fingerprint density at radius 1 is 1.00 bits per heavy atom. The number of carbonyl (C=O) groups is 1. The Labute approximate surface area is 104 Å². The highest BCUT2D eigenvalue weighted by molar-refractivity contribution is 5.98. The quantitative estimate of drug-likeness (QED) is 0.716. The molecule has 0 aliphatic carbocycles. The molecule has 0 N–H and O–H groups in total. The van der Waals surface area contributed by atoms with E-state index in [0.717, 1.165) is 0 Å². The van der Waals surface area contributed by atoms with E-state index in [1.165, 1.54) is 5.56 Å². The van der Waals surface area contributed by atoms with Crippen LogP contribution >= 0.6 is 0 Å². The standard InChI is InChI=1S/C15H21NO/c1-14(2,3)12-13(17)16(12)15(4,5)11-9-7-6-8-10-11/h6-10,12H,1-5H3. The van der Waals surface area contributed by atoms with Crippen molar-refractivity contribution in [2.75, 3.05) is 0 Å². The van der Waals surface area contributed by atoms with Crippen LogP contribution in [0, 0.1) is 5.41 Å². The van der Waals surface area contributed by atoms with Crippen molar-refractivity contribution in [1.82, 2.24) is 4.90 Å². The third kappa shape index (κ3) is 1.97. The summed E-state index contributed by atoms with van der Waals surface area (Å²) in [5, 5.41) is 0. The first-order chi connectivity index (χ1) is 7.76. The molecule has 1 fully saturated rings. The molecule has 0 bridgehead atoms. The van der Waals surface area contributed by atoms with Crippen molar-refractivity contribution in [2.24, 2.45) is 5.41 Å². The smallest absolute Gasteiger partial charge is 0.247 e. The van der Waals surface area contributed by atoms with Gasteiger partial charge >= 0.3 is 0 Å². The third-order valence-electron chi connectivity index (χ3n) is 3.56. The van der Waals surface area contributed by atoms with Gasteiger partial charge in [0.05, 0.1) is 5.54 Å². The molecule has 1 aromatic rings. The molecule has 1 aromatic carbocycles. The molecule has 0 saturated carbocycles. The van der Waals surface area contributed by atoms with Crippen LogP contribution in [0.4, 0.5) is 0 Å². The van der Waals surface area contributed by atoms with Crippen molar-refractivity contribution < 1.29 is 4.79 Å². The van der Waals surface area contributed by atoms with E-state index in [-0.39, 0.29) is 22.9 Å². The predicted octanol–water partition coefficient (Wildman–Crippen LogP) is 3.18. The molecule has 0 radical (unpaired) electrons. The van der Waals surface area contributed by atoms with Gasteiger partial charge in [0.25, 0.3) is 0 Å². The first-order valence-corrected chi connectivity index (χ1v) is 6.15. The molecule has 0 aromatic heterocycles. The van der Waals surface area contributed by atoms with Gasteiger partial charge in [0.2, 0.25) is 5.91 Å². The van der Waals surface area contributed by atoms with Crippen molar-refractivity contribution in [3.05, 3.63) is 35.9 Å². The second kappa shape index (κ2) is 3.59. The molecule has 2 rings (SSSR count). The van der Waals surface area contributed by atoms with Gasteiger partial charge in [-0.3, -0.25) is 4.79 Å². The second-order valence-corrected chi connectivity index (χ2v) is 6.40. The SMILES string of the molecule is CC(C)(C)C1C(=O)N1C(C)(C)c1ccccc1. The molecule has 1 atom stereocenters. The number of nitrogens with zero attached hydrogens (tertiary/aromatic N) is 1. The monoisotopic (exact) mass is 231 g/mol. The fourth-order valence-corrected chi connectivity index (χ4v) is 2.52. The van der Waals surface area contributed by atoms with Gasteiger partial charge in [0.15, 0.2) is 0 Å². The Bertz CT molecular complexity index is 428. The minimum absolute atomic E-state index is 0.0170. The number of benzene rings is 1. The Kier molecular flexibility index (Phi) is 2.57. The van der Waals surface area contributed by atoms with Gasteiger partial charge in [-0.2, -0.15) is 0 Å². The highest BCUT2D eigenvalue weighted by atomic mass is 16.2. The van der Waals surface area contributed by atoms with Crippen LogP contribution in [0.5, 0.6) is 0 Å². The van der Waals surface area contributed by atoms with Crippen LogP contribution in [0.25, 0.3) is 0 Å². The Hall–Kier alpha value is -1.31. The van der Waals surface area contributed by atoms with Gasteiger partial charge in [0.1, 0.15) is 6.04 Å². The van der Waals surface area contributed by atoms with E-state index in [1.54, 1.807) is 0 Å². The molecular formula is C15H21NO. The minimum atomic E-state index is -0.212. The van der Waals surface area contributed by atoms with Crippen molar-refractivity contribution in [2.45, 2.75) is 46.2 Å². The summed E-state index contributed by atoms with van der Waals surface area (Å²) < 4.78 is 0. The van der Waals surface area contributed by atoms with Crippen LogP contribution in [0.1, 0.15) is 40.2 Å². The highest BCUT2D eigenvalue weighted by Gasteiger charge is 2.58. The van der Waals surface area contributed by atoms with Crippen molar-refractivity contribution >= 4 is 5.91 Å². The van der Waals surface area contributed by atoms with Gasteiger partial charge in [-0.1, -0.05) is 51.1 Å². The molecular weight excluding hydrogens is 210 g/mol. The van der Waals surface area contributed by atoms with Gasteiger partial charge in [-0.25, -0.2) is 0 Å². The van der Waals surface area contributed by atoms with Crippen LogP contribution in [-0.4, -0.2) is 16.8 Å². The van der Waals surface area contributed by atoms with Gasteiger partial charge in [0, 0.05) is 0 Å². The largest absolute Gasteiger partial charge is 0.319 e. The van der Waals surface area contributed by atoms with Crippen LogP contribution < -0.4 is 0 Å². The van der Waals surface area contributed by atoms with Crippen LogP contribution in [-0.2, 0) is 10.3 Å². The lowest BCUT2D eigenvalue weighted by Crippen LogP contribution is -2.32. The van der Waals surface area contributed by atoms with Crippen LogP contribution in [0.15, 0.2) is 30.3 Å². The van der Waals surface area contributed by atoms with Crippen molar-refractivity contribution in [3.8, 4) is 0 Å². The summed E-state index contributed by atoms with van der Waals surface area (Å²) in [6.07, 6.45) is 0. The van der Waals surface area contributed by atoms with E-state index in [0.29, 0.717) is 0 Å². The number of hydrogen-bond donors (Lipinski definition) is 0. The molecule has 1 heterocycles. The van der Waals surface area contributed by atoms with Crippen LogP contribution in [0.3, 0.4) is 0 Å². The molecule has 2 heteroatoms. The number of carbonyl (C=O) groups excluding carboxylic acids is 1. The second-order valence-electron chi connectivity index (χ2n) is 6.40. The Morgan fingerprint density at radius 2 is 1.53 bits per heavy atom. The first kappa shape index (κ1) is 12.2. The zero-order chi connectivity index (χ0) is 12.8. The maximum atomic E-state index is 12.0. The van der Waals surface area contributed by atoms with E-state index >= 15 is 0 Å². The van der Waals surface area contributed by atoms with E-state index in [9.17, 15) is 4.79 Å². The number of rotatable bonds is 2. The summed E-state index contributed by atoms with van der Waals surface area (Å²) in [6, 6.07) is 10.3. The van der Waals surface area contributed by atoms with Crippen LogP contribution in [0.2, 0.25) is 0 Å². The van der Waals surface area contributed by atoms with Crippen molar-refractivity contribution in [3.63, 3.8) is 0 Å². The summed E-state index contributed by atoms with van der Waals surface area (Å²) >= 11 is 0. The lowest BCUT2D eigenvalue weighted by atomic mass is 9.89. The molecule has 1 saturated heterocycles. The predicted molar refractivity (Wildman–Crippen MR) is 69.6 cm³/mol. The lowest BCUT2D eigenvalue weighted by Gasteiger charge is -2.30. The fourth-order valence-electron chi connectivity index (χ4n) is 2.52. The molecule has 1 aliphatic heterocycles. The normalized spacial score (nSPS) is 20.6. The van der Waals surface area contributed by atoms with E-state index in [2.05, 4.69) is 46.8 Å². The first-order valence-electron chi connectivity index (χ1n) is 6.15. The molecule has 17 heavy (non-hydrogen) atoms. The average molecular weight is 231 g/mol. The third-order valence-corrected chi connectivity index (χ3v) is 3.56. The minimum Gasteiger partial charge on any atom is -0.319 e. The number of amides is 1. The Balaban J connectivity index is 2.28. The molecule has 92 valence electrons. The molecule has 2 nitrogen and oxygen atoms in total. The molecule has 1 unspecified atom stereocenters.